The van der Waals surface area contributed by atoms with Gasteiger partial charge in [0, 0.05) is 0 Å². The second-order valence-electron chi connectivity index (χ2n) is 2.47. The first-order chi connectivity index (χ1) is 6.68. The van der Waals surface area contributed by atoms with E-state index >= 15 is 0 Å². The first-order valence-corrected chi connectivity index (χ1v) is 4.91. The molecule has 0 amide bonds. The third-order valence-electron chi connectivity index (χ3n) is 1.34. The lowest BCUT2D eigenvalue weighted by Gasteiger charge is -1.97. The van der Waals surface area contributed by atoms with Crippen LogP contribution in [0, 0.1) is 0 Å². The summed E-state index contributed by atoms with van der Waals surface area (Å²) in [5.74, 6) is -0.969. The average molecular weight is 210 g/mol. The minimum Gasteiger partial charge on any atom is -0.481 e. The van der Waals surface area contributed by atoms with Crippen molar-refractivity contribution >= 4 is 28.6 Å². The van der Waals surface area contributed by atoms with Crippen molar-refractivity contribution in [3.8, 4) is 0 Å². The van der Waals surface area contributed by atoms with E-state index < -0.39 is 5.97 Å². The highest BCUT2D eigenvalue weighted by atomic mass is 32.2. The molecule has 74 valence electrons. The standard InChI is InChI=1S/C9H10N2O2S/c10-9(14-6-8(12)13)11-7-4-2-1-3-5-7/h1-5H,6H2,(H2,10,11)(H,12,13). The number of thioether (sulfide) groups is 1. The highest BCUT2D eigenvalue weighted by Crippen LogP contribution is 2.12. The van der Waals surface area contributed by atoms with Crippen molar-refractivity contribution in [3.05, 3.63) is 30.3 Å². The Labute approximate surface area is 85.8 Å². The topological polar surface area (TPSA) is 75.7 Å². The van der Waals surface area contributed by atoms with E-state index in [-0.39, 0.29) is 10.9 Å². The van der Waals surface area contributed by atoms with Crippen LogP contribution < -0.4 is 5.73 Å². The predicted octanol–water partition coefficient (Wildman–Crippen LogP) is 1.45. The van der Waals surface area contributed by atoms with E-state index in [1.807, 2.05) is 18.2 Å². The number of benzene rings is 1. The van der Waals surface area contributed by atoms with Gasteiger partial charge in [0.1, 0.15) is 0 Å². The predicted molar refractivity (Wildman–Crippen MR) is 57.8 cm³/mol. The molecular weight excluding hydrogens is 200 g/mol. The monoisotopic (exact) mass is 210 g/mol. The quantitative estimate of drug-likeness (QED) is 0.585. The van der Waals surface area contributed by atoms with Crippen molar-refractivity contribution < 1.29 is 9.90 Å². The number of carboxylic acids is 1. The van der Waals surface area contributed by atoms with Crippen LogP contribution in [-0.2, 0) is 4.79 Å². The number of aliphatic imine (C=N–C) groups is 1. The molecule has 0 spiro atoms. The Bertz CT molecular complexity index is 338. The summed E-state index contributed by atoms with van der Waals surface area (Å²) in [6, 6.07) is 9.16. The molecule has 0 saturated heterocycles. The number of hydrogen-bond acceptors (Lipinski definition) is 3. The lowest BCUT2D eigenvalue weighted by Crippen LogP contribution is -2.10. The van der Waals surface area contributed by atoms with Gasteiger partial charge in [-0.25, -0.2) is 4.99 Å². The molecule has 0 aliphatic rings. The van der Waals surface area contributed by atoms with E-state index in [2.05, 4.69) is 4.99 Å². The highest BCUT2D eigenvalue weighted by Gasteiger charge is 1.99. The third-order valence-corrected chi connectivity index (χ3v) is 2.12. The first-order valence-electron chi connectivity index (χ1n) is 3.92. The zero-order valence-corrected chi connectivity index (χ0v) is 8.20. The summed E-state index contributed by atoms with van der Waals surface area (Å²) < 4.78 is 0. The first kappa shape index (κ1) is 10.6. The highest BCUT2D eigenvalue weighted by molar-refractivity contribution is 8.14. The second kappa shape index (κ2) is 5.29. The Balaban J connectivity index is 2.56. The largest absolute Gasteiger partial charge is 0.481 e. The minimum atomic E-state index is -0.902. The fraction of sp³-hybridized carbons (Fsp3) is 0.111. The molecule has 0 aliphatic heterocycles. The van der Waals surface area contributed by atoms with E-state index in [0.717, 1.165) is 17.4 Å². The molecule has 5 heteroatoms. The summed E-state index contributed by atoms with van der Waals surface area (Å²) in [7, 11) is 0. The van der Waals surface area contributed by atoms with Gasteiger partial charge >= 0.3 is 5.97 Å². The molecule has 0 atom stereocenters. The Kier molecular flexibility index (Phi) is 4.00. The maximum atomic E-state index is 10.2. The average Bonchev–Trinajstić information content (AvgIpc) is 2.16. The number of rotatable bonds is 3. The van der Waals surface area contributed by atoms with Crippen LogP contribution in [0.3, 0.4) is 0 Å². The van der Waals surface area contributed by atoms with Crippen molar-refractivity contribution in [3.63, 3.8) is 0 Å². The van der Waals surface area contributed by atoms with Crippen LogP contribution in [0.1, 0.15) is 0 Å². The van der Waals surface area contributed by atoms with Gasteiger partial charge in [0.2, 0.25) is 0 Å². The molecule has 0 radical (unpaired) electrons. The number of para-hydroxylation sites is 1. The number of nitrogens with zero attached hydrogens (tertiary/aromatic N) is 1. The van der Waals surface area contributed by atoms with E-state index in [4.69, 9.17) is 10.8 Å². The lowest BCUT2D eigenvalue weighted by molar-refractivity contribution is -0.133. The fourth-order valence-corrected chi connectivity index (χ4v) is 1.24. The molecule has 4 nitrogen and oxygen atoms in total. The second-order valence-corrected chi connectivity index (χ2v) is 3.46. The molecule has 1 aromatic rings. The normalized spacial score (nSPS) is 11.3. The molecule has 0 fully saturated rings. The summed E-state index contributed by atoms with van der Waals surface area (Å²) in [5.41, 5.74) is 6.23. The molecule has 0 bridgehead atoms. The van der Waals surface area contributed by atoms with Gasteiger partial charge in [0.05, 0.1) is 11.4 Å². The van der Waals surface area contributed by atoms with Gasteiger partial charge in [0.25, 0.3) is 0 Å². The number of aliphatic carboxylic acids is 1. The van der Waals surface area contributed by atoms with Gasteiger partial charge in [-0.15, -0.1) is 0 Å². The molecule has 1 aromatic carbocycles. The number of carboxylic acid groups (broad SMARTS) is 1. The van der Waals surface area contributed by atoms with Crippen LogP contribution in [0.15, 0.2) is 35.3 Å². The van der Waals surface area contributed by atoms with Crippen LogP contribution in [0.2, 0.25) is 0 Å². The minimum absolute atomic E-state index is 0.0673. The van der Waals surface area contributed by atoms with Crippen LogP contribution in [0.4, 0.5) is 5.69 Å². The van der Waals surface area contributed by atoms with Crippen LogP contribution in [-0.4, -0.2) is 22.0 Å². The van der Waals surface area contributed by atoms with Gasteiger partial charge in [-0.05, 0) is 12.1 Å². The van der Waals surface area contributed by atoms with Gasteiger partial charge < -0.3 is 10.8 Å². The van der Waals surface area contributed by atoms with Gasteiger partial charge in [-0.2, -0.15) is 0 Å². The zero-order valence-electron chi connectivity index (χ0n) is 7.38. The maximum Gasteiger partial charge on any atom is 0.313 e. The molecule has 0 unspecified atom stereocenters. The van der Waals surface area contributed by atoms with Crippen LogP contribution in [0.5, 0.6) is 0 Å². The number of amidine groups is 1. The third kappa shape index (κ3) is 3.95. The SMILES string of the molecule is NC(=Nc1ccccc1)SCC(=O)O. The Morgan fingerprint density at radius 1 is 1.43 bits per heavy atom. The van der Waals surface area contributed by atoms with Gasteiger partial charge in [0.15, 0.2) is 5.17 Å². The molecule has 0 heterocycles. The summed E-state index contributed by atoms with van der Waals surface area (Å²) >= 11 is 1.01. The maximum absolute atomic E-state index is 10.2. The fourth-order valence-electron chi connectivity index (χ4n) is 0.798. The Morgan fingerprint density at radius 3 is 2.64 bits per heavy atom. The van der Waals surface area contributed by atoms with E-state index in [0.29, 0.717) is 0 Å². The Morgan fingerprint density at radius 2 is 2.07 bits per heavy atom. The van der Waals surface area contributed by atoms with Crippen molar-refractivity contribution in [2.75, 3.05) is 5.75 Å². The summed E-state index contributed by atoms with van der Waals surface area (Å²) in [6.45, 7) is 0. The van der Waals surface area contributed by atoms with Crippen molar-refractivity contribution in [2.24, 2.45) is 10.7 Å². The summed E-state index contributed by atoms with van der Waals surface area (Å²) in [6.07, 6.45) is 0. The van der Waals surface area contributed by atoms with Crippen LogP contribution >= 0.6 is 11.8 Å². The molecule has 14 heavy (non-hydrogen) atoms. The van der Waals surface area contributed by atoms with Crippen molar-refractivity contribution in [2.45, 2.75) is 0 Å². The molecule has 0 aromatic heterocycles. The molecule has 3 N–H and O–H groups in total. The van der Waals surface area contributed by atoms with Gasteiger partial charge in [-0.1, -0.05) is 30.0 Å². The summed E-state index contributed by atoms with van der Waals surface area (Å²) in [4.78, 5) is 14.2. The molecule has 0 saturated carbocycles. The smallest absolute Gasteiger partial charge is 0.313 e. The van der Waals surface area contributed by atoms with E-state index in [1.165, 1.54) is 0 Å². The van der Waals surface area contributed by atoms with Crippen LogP contribution in [0.25, 0.3) is 0 Å². The zero-order chi connectivity index (χ0) is 10.4. The van der Waals surface area contributed by atoms with Gasteiger partial charge in [-0.3, -0.25) is 4.79 Å². The molecular formula is C9H10N2O2S. The van der Waals surface area contributed by atoms with E-state index in [9.17, 15) is 4.79 Å². The Hall–Kier alpha value is -1.49. The molecule has 0 aliphatic carbocycles. The lowest BCUT2D eigenvalue weighted by atomic mass is 10.3. The number of hydrogen-bond donors (Lipinski definition) is 2. The van der Waals surface area contributed by atoms with Crippen molar-refractivity contribution in [1.82, 2.24) is 0 Å². The van der Waals surface area contributed by atoms with E-state index in [1.54, 1.807) is 12.1 Å². The number of nitrogens with two attached hydrogens (primary N) is 1. The van der Waals surface area contributed by atoms with Crippen molar-refractivity contribution in [1.29, 1.82) is 0 Å². The summed E-state index contributed by atoms with van der Waals surface area (Å²) in [5, 5.41) is 8.66. The molecule has 1 rings (SSSR count). The number of carbonyl (C=O) groups is 1.